The van der Waals surface area contributed by atoms with Crippen LogP contribution >= 0.6 is 0 Å². The predicted octanol–water partition coefficient (Wildman–Crippen LogP) is 3.07. The first-order chi connectivity index (χ1) is 9.58. The number of nitrogen functional groups attached to an aromatic ring is 1. The van der Waals surface area contributed by atoms with Crippen LogP contribution in [0.5, 0.6) is 0 Å². The number of hydrogen-bond acceptors (Lipinski definition) is 5. The topological polar surface area (TPSA) is 73.1 Å². The van der Waals surface area contributed by atoms with Crippen molar-refractivity contribution in [2.24, 2.45) is 0 Å². The smallest absolute Gasteiger partial charge is 0.136 e. The Kier molecular flexibility index (Phi) is 4.53. The monoisotopic (exact) mass is 272 g/mol. The van der Waals surface area contributed by atoms with Crippen LogP contribution in [0.2, 0.25) is 0 Å². The molecule has 0 amide bonds. The summed E-state index contributed by atoms with van der Waals surface area (Å²) in [6.45, 7) is 4.66. The lowest BCUT2D eigenvalue weighted by Crippen LogP contribution is -2.05. The summed E-state index contributed by atoms with van der Waals surface area (Å²) < 4.78 is 5.13. The van der Waals surface area contributed by atoms with Gasteiger partial charge in [-0.3, -0.25) is 0 Å². The van der Waals surface area contributed by atoms with E-state index in [4.69, 9.17) is 10.5 Å². The molecule has 0 radical (unpaired) electrons. The van der Waals surface area contributed by atoms with Gasteiger partial charge < -0.3 is 15.8 Å². The molecule has 3 N–H and O–H groups in total. The van der Waals surface area contributed by atoms with Gasteiger partial charge in [-0.2, -0.15) is 0 Å². The number of ether oxygens (including phenoxy) is 1. The lowest BCUT2D eigenvalue weighted by molar-refractivity contribution is 0.185. The van der Waals surface area contributed by atoms with Crippen LogP contribution < -0.4 is 11.1 Å². The van der Waals surface area contributed by atoms with Crippen molar-refractivity contribution in [3.8, 4) is 0 Å². The molecule has 0 saturated carbocycles. The zero-order valence-corrected chi connectivity index (χ0v) is 12.1. The molecule has 1 aromatic heterocycles. The standard InChI is InChI=1S/C15H20N4O/c1-10(2)15-18-13(16)8-14(19-15)17-12-6-4-5-11(7-12)9-20-3/h4-8,10H,9H2,1-3H3,(H3,16,17,18,19). The molecule has 0 saturated heterocycles. The Labute approximate surface area is 119 Å². The van der Waals surface area contributed by atoms with Gasteiger partial charge in [0.1, 0.15) is 17.5 Å². The van der Waals surface area contributed by atoms with Gasteiger partial charge in [-0.05, 0) is 17.7 Å². The molecule has 5 heteroatoms. The average Bonchev–Trinajstić information content (AvgIpc) is 2.38. The van der Waals surface area contributed by atoms with Crippen molar-refractivity contribution in [2.75, 3.05) is 18.2 Å². The molecule has 5 nitrogen and oxygen atoms in total. The number of rotatable bonds is 5. The van der Waals surface area contributed by atoms with Crippen molar-refractivity contribution < 1.29 is 4.74 Å². The van der Waals surface area contributed by atoms with Crippen LogP contribution in [-0.4, -0.2) is 17.1 Å². The van der Waals surface area contributed by atoms with E-state index in [1.165, 1.54) is 0 Å². The fourth-order valence-electron chi connectivity index (χ4n) is 1.86. The molecule has 0 unspecified atom stereocenters. The van der Waals surface area contributed by atoms with Gasteiger partial charge >= 0.3 is 0 Å². The lowest BCUT2D eigenvalue weighted by atomic mass is 10.2. The Morgan fingerprint density at radius 1 is 1.25 bits per heavy atom. The van der Waals surface area contributed by atoms with Gasteiger partial charge in [0.05, 0.1) is 6.61 Å². The van der Waals surface area contributed by atoms with Crippen molar-refractivity contribution in [2.45, 2.75) is 26.4 Å². The fraction of sp³-hybridized carbons (Fsp3) is 0.333. The van der Waals surface area contributed by atoms with Crippen LogP contribution in [0.15, 0.2) is 30.3 Å². The van der Waals surface area contributed by atoms with E-state index in [9.17, 15) is 0 Å². The first kappa shape index (κ1) is 14.3. The molecule has 1 aromatic carbocycles. The summed E-state index contributed by atoms with van der Waals surface area (Å²) in [7, 11) is 1.68. The Morgan fingerprint density at radius 3 is 2.75 bits per heavy atom. The predicted molar refractivity (Wildman–Crippen MR) is 81.0 cm³/mol. The Hall–Kier alpha value is -2.14. The molecule has 0 fully saturated rings. The third-order valence-corrected chi connectivity index (χ3v) is 2.79. The molecule has 20 heavy (non-hydrogen) atoms. The molecule has 0 aliphatic heterocycles. The van der Waals surface area contributed by atoms with E-state index in [2.05, 4.69) is 15.3 Å². The van der Waals surface area contributed by atoms with Crippen molar-refractivity contribution in [1.82, 2.24) is 9.97 Å². The van der Waals surface area contributed by atoms with E-state index < -0.39 is 0 Å². The lowest BCUT2D eigenvalue weighted by Gasteiger charge is -2.11. The van der Waals surface area contributed by atoms with E-state index >= 15 is 0 Å². The zero-order valence-electron chi connectivity index (χ0n) is 12.1. The van der Waals surface area contributed by atoms with Gasteiger partial charge in [-0.25, -0.2) is 9.97 Å². The number of nitrogens with two attached hydrogens (primary N) is 1. The maximum Gasteiger partial charge on any atom is 0.136 e. The highest BCUT2D eigenvalue weighted by Crippen LogP contribution is 2.20. The summed E-state index contributed by atoms with van der Waals surface area (Å²) in [5.41, 5.74) is 7.87. The van der Waals surface area contributed by atoms with Crippen LogP contribution in [0.25, 0.3) is 0 Å². The number of benzene rings is 1. The highest BCUT2D eigenvalue weighted by atomic mass is 16.5. The highest BCUT2D eigenvalue weighted by Gasteiger charge is 2.07. The van der Waals surface area contributed by atoms with Gasteiger partial charge in [0.25, 0.3) is 0 Å². The first-order valence-electron chi connectivity index (χ1n) is 6.58. The molecule has 2 aromatic rings. The summed E-state index contributed by atoms with van der Waals surface area (Å²) in [6.07, 6.45) is 0. The second-order valence-corrected chi connectivity index (χ2v) is 4.95. The van der Waals surface area contributed by atoms with Gasteiger partial charge in [0.15, 0.2) is 0 Å². The molecular weight excluding hydrogens is 252 g/mol. The number of methoxy groups -OCH3 is 1. The SMILES string of the molecule is COCc1cccc(Nc2cc(N)nc(C(C)C)n2)c1. The number of nitrogens with zero attached hydrogens (tertiary/aromatic N) is 2. The molecule has 0 bridgehead atoms. The molecule has 0 aliphatic carbocycles. The van der Waals surface area contributed by atoms with Gasteiger partial charge in [0.2, 0.25) is 0 Å². The zero-order chi connectivity index (χ0) is 14.5. The van der Waals surface area contributed by atoms with Crippen LogP contribution in [0.1, 0.15) is 31.2 Å². The summed E-state index contributed by atoms with van der Waals surface area (Å²) >= 11 is 0. The van der Waals surface area contributed by atoms with Crippen molar-refractivity contribution in [1.29, 1.82) is 0 Å². The van der Waals surface area contributed by atoms with Crippen LogP contribution in [0, 0.1) is 0 Å². The molecule has 1 heterocycles. The largest absolute Gasteiger partial charge is 0.384 e. The normalized spacial score (nSPS) is 10.8. The third-order valence-electron chi connectivity index (χ3n) is 2.79. The Morgan fingerprint density at radius 2 is 2.05 bits per heavy atom. The summed E-state index contributed by atoms with van der Waals surface area (Å²) in [6, 6.07) is 9.73. The summed E-state index contributed by atoms with van der Waals surface area (Å²) in [5, 5.41) is 3.25. The number of nitrogens with one attached hydrogen (secondary N) is 1. The number of hydrogen-bond donors (Lipinski definition) is 2. The molecule has 2 rings (SSSR count). The van der Waals surface area contributed by atoms with E-state index in [0.717, 1.165) is 17.1 Å². The number of aromatic nitrogens is 2. The second-order valence-electron chi connectivity index (χ2n) is 4.95. The molecular formula is C15H20N4O. The number of anilines is 3. The minimum Gasteiger partial charge on any atom is -0.384 e. The minimum atomic E-state index is 0.235. The maximum absolute atomic E-state index is 5.82. The van der Waals surface area contributed by atoms with Gasteiger partial charge in [-0.1, -0.05) is 26.0 Å². The average molecular weight is 272 g/mol. The van der Waals surface area contributed by atoms with Gasteiger partial charge in [-0.15, -0.1) is 0 Å². The van der Waals surface area contributed by atoms with Crippen LogP contribution in [0.3, 0.4) is 0 Å². The minimum absolute atomic E-state index is 0.235. The molecule has 0 spiro atoms. The Balaban J connectivity index is 2.23. The molecule has 0 atom stereocenters. The van der Waals surface area contributed by atoms with E-state index in [-0.39, 0.29) is 5.92 Å². The fourth-order valence-corrected chi connectivity index (χ4v) is 1.86. The van der Waals surface area contributed by atoms with Crippen molar-refractivity contribution in [3.63, 3.8) is 0 Å². The summed E-state index contributed by atoms with van der Waals surface area (Å²) in [4.78, 5) is 8.70. The van der Waals surface area contributed by atoms with Crippen LogP contribution in [-0.2, 0) is 11.3 Å². The highest BCUT2D eigenvalue weighted by molar-refractivity contribution is 5.59. The van der Waals surface area contributed by atoms with Gasteiger partial charge in [0, 0.05) is 24.8 Å². The first-order valence-corrected chi connectivity index (χ1v) is 6.58. The summed E-state index contributed by atoms with van der Waals surface area (Å²) in [5.74, 6) is 2.15. The van der Waals surface area contributed by atoms with Crippen molar-refractivity contribution in [3.05, 3.63) is 41.7 Å². The molecule has 106 valence electrons. The second kappa shape index (κ2) is 6.34. The van der Waals surface area contributed by atoms with E-state index in [0.29, 0.717) is 18.2 Å². The van der Waals surface area contributed by atoms with Crippen LogP contribution in [0.4, 0.5) is 17.3 Å². The Bertz CT molecular complexity index is 584. The molecule has 0 aliphatic rings. The quantitative estimate of drug-likeness (QED) is 0.875. The van der Waals surface area contributed by atoms with Crippen molar-refractivity contribution >= 4 is 17.3 Å². The maximum atomic E-state index is 5.82. The van der Waals surface area contributed by atoms with E-state index in [1.54, 1.807) is 13.2 Å². The van der Waals surface area contributed by atoms with E-state index in [1.807, 2.05) is 38.1 Å². The third kappa shape index (κ3) is 3.68.